The fourth-order valence-corrected chi connectivity index (χ4v) is 2.96. The predicted molar refractivity (Wildman–Crippen MR) is 69.1 cm³/mol. The van der Waals surface area contributed by atoms with E-state index in [1.165, 1.54) is 17.8 Å². The molecular weight excluding hydrogens is 251 g/mol. The molecule has 1 aromatic carbocycles. The summed E-state index contributed by atoms with van der Waals surface area (Å²) >= 11 is 1.40. The molecule has 0 saturated carbocycles. The third-order valence-electron chi connectivity index (χ3n) is 2.60. The fraction of sp³-hybridized carbons (Fsp3) is 0.308. The molecule has 0 unspecified atom stereocenters. The van der Waals surface area contributed by atoms with Crippen molar-refractivity contribution in [1.82, 2.24) is 9.78 Å². The van der Waals surface area contributed by atoms with Gasteiger partial charge in [0.15, 0.2) is 0 Å². The number of rotatable bonds is 3. The first-order valence-corrected chi connectivity index (χ1v) is 6.45. The molecule has 0 saturated heterocycles. The standard InChI is InChI=1S/C13H15FN2OS/c1-8-7-12(16(3)15-8)18-11-6-4-5-10(14)13(11)9(2)17/h4-7,9,17H,1-3H3/t9-/m1/s1. The zero-order valence-electron chi connectivity index (χ0n) is 10.5. The molecule has 0 aliphatic rings. The third-order valence-corrected chi connectivity index (χ3v) is 3.77. The molecule has 5 heteroatoms. The van der Waals surface area contributed by atoms with E-state index in [-0.39, 0.29) is 5.82 Å². The Labute approximate surface area is 110 Å². The Kier molecular flexibility index (Phi) is 3.73. The molecule has 0 fully saturated rings. The van der Waals surface area contributed by atoms with Crippen molar-refractivity contribution in [2.24, 2.45) is 7.05 Å². The van der Waals surface area contributed by atoms with E-state index in [1.54, 1.807) is 23.7 Å². The number of aliphatic hydroxyl groups excluding tert-OH is 1. The molecule has 0 spiro atoms. The minimum Gasteiger partial charge on any atom is -0.389 e. The number of aromatic nitrogens is 2. The molecule has 0 bridgehead atoms. The molecule has 1 atom stereocenters. The summed E-state index contributed by atoms with van der Waals surface area (Å²) in [5, 5.41) is 14.8. The Morgan fingerprint density at radius 3 is 2.72 bits per heavy atom. The molecule has 18 heavy (non-hydrogen) atoms. The summed E-state index contributed by atoms with van der Waals surface area (Å²) in [6, 6.07) is 6.74. The summed E-state index contributed by atoms with van der Waals surface area (Å²) < 4.78 is 15.5. The molecule has 1 heterocycles. The Balaban J connectivity index is 2.40. The van der Waals surface area contributed by atoms with E-state index >= 15 is 0 Å². The van der Waals surface area contributed by atoms with Gasteiger partial charge in [0.1, 0.15) is 5.82 Å². The van der Waals surface area contributed by atoms with E-state index < -0.39 is 6.10 Å². The zero-order chi connectivity index (χ0) is 13.3. The molecule has 1 aromatic heterocycles. The van der Waals surface area contributed by atoms with E-state index in [2.05, 4.69) is 5.10 Å². The number of aryl methyl sites for hydroxylation is 2. The van der Waals surface area contributed by atoms with Gasteiger partial charge in [0.25, 0.3) is 0 Å². The summed E-state index contributed by atoms with van der Waals surface area (Å²) in [6.45, 7) is 3.47. The van der Waals surface area contributed by atoms with Crippen LogP contribution in [0.15, 0.2) is 34.2 Å². The smallest absolute Gasteiger partial charge is 0.130 e. The second kappa shape index (κ2) is 5.12. The molecular formula is C13H15FN2OS. The lowest BCUT2D eigenvalue weighted by Crippen LogP contribution is -1.99. The summed E-state index contributed by atoms with van der Waals surface area (Å²) in [5.41, 5.74) is 1.25. The first-order valence-electron chi connectivity index (χ1n) is 5.64. The molecule has 3 nitrogen and oxygen atoms in total. The highest BCUT2D eigenvalue weighted by molar-refractivity contribution is 7.99. The van der Waals surface area contributed by atoms with Gasteiger partial charge in [-0.2, -0.15) is 5.10 Å². The SMILES string of the molecule is Cc1cc(Sc2cccc(F)c2[C@@H](C)O)n(C)n1. The number of halogens is 1. The predicted octanol–water partition coefficient (Wildman–Crippen LogP) is 3.07. The van der Waals surface area contributed by atoms with Crippen LogP contribution in [0.2, 0.25) is 0 Å². The lowest BCUT2D eigenvalue weighted by atomic mass is 10.1. The third kappa shape index (κ3) is 2.57. The van der Waals surface area contributed by atoms with Crippen LogP contribution in [0.1, 0.15) is 24.3 Å². The van der Waals surface area contributed by atoms with Gasteiger partial charge < -0.3 is 5.11 Å². The molecule has 0 aliphatic heterocycles. The summed E-state index contributed by atoms with van der Waals surface area (Å²) in [6.07, 6.45) is -0.831. The highest BCUT2D eigenvalue weighted by atomic mass is 32.2. The van der Waals surface area contributed by atoms with Crippen LogP contribution in [0, 0.1) is 12.7 Å². The number of hydrogen-bond acceptors (Lipinski definition) is 3. The van der Waals surface area contributed by atoms with Crippen LogP contribution >= 0.6 is 11.8 Å². The molecule has 1 N–H and O–H groups in total. The van der Waals surface area contributed by atoms with Crippen molar-refractivity contribution in [1.29, 1.82) is 0 Å². The first kappa shape index (κ1) is 13.1. The number of nitrogens with zero attached hydrogens (tertiary/aromatic N) is 2. The van der Waals surface area contributed by atoms with Gasteiger partial charge in [-0.25, -0.2) is 4.39 Å². The maximum absolute atomic E-state index is 13.7. The normalized spacial score (nSPS) is 12.7. The molecule has 2 rings (SSSR count). The molecule has 96 valence electrons. The van der Waals surface area contributed by atoms with Gasteiger partial charge in [-0.3, -0.25) is 4.68 Å². The van der Waals surface area contributed by atoms with Crippen molar-refractivity contribution in [2.75, 3.05) is 0 Å². The largest absolute Gasteiger partial charge is 0.389 e. The number of benzene rings is 1. The Morgan fingerprint density at radius 1 is 1.44 bits per heavy atom. The Bertz CT molecular complexity index is 566. The van der Waals surface area contributed by atoms with E-state index in [1.807, 2.05) is 20.0 Å². The van der Waals surface area contributed by atoms with Crippen LogP contribution in [-0.4, -0.2) is 14.9 Å². The summed E-state index contributed by atoms with van der Waals surface area (Å²) in [7, 11) is 1.84. The van der Waals surface area contributed by atoms with Crippen LogP contribution < -0.4 is 0 Å². The van der Waals surface area contributed by atoms with E-state index in [9.17, 15) is 9.50 Å². The van der Waals surface area contributed by atoms with Crippen molar-refractivity contribution in [3.05, 3.63) is 41.3 Å². The second-order valence-corrected chi connectivity index (χ2v) is 5.24. The van der Waals surface area contributed by atoms with Crippen molar-refractivity contribution in [3.8, 4) is 0 Å². The van der Waals surface area contributed by atoms with Gasteiger partial charge in [-0.15, -0.1) is 0 Å². The lowest BCUT2D eigenvalue weighted by Gasteiger charge is -2.12. The lowest BCUT2D eigenvalue weighted by molar-refractivity contribution is 0.191. The van der Waals surface area contributed by atoms with Gasteiger partial charge in [0, 0.05) is 17.5 Å². The van der Waals surface area contributed by atoms with Gasteiger partial charge in [-0.05, 0) is 32.0 Å². The Morgan fingerprint density at radius 2 is 2.17 bits per heavy atom. The molecule has 0 radical (unpaired) electrons. The maximum atomic E-state index is 13.7. The molecule has 0 aliphatic carbocycles. The topological polar surface area (TPSA) is 38.0 Å². The van der Waals surface area contributed by atoms with Crippen molar-refractivity contribution < 1.29 is 9.50 Å². The first-order chi connectivity index (χ1) is 8.49. The van der Waals surface area contributed by atoms with Gasteiger partial charge in [0.05, 0.1) is 16.8 Å². The zero-order valence-corrected chi connectivity index (χ0v) is 11.3. The minimum absolute atomic E-state index is 0.335. The van der Waals surface area contributed by atoms with Crippen LogP contribution in [0.5, 0.6) is 0 Å². The Hall–Kier alpha value is -1.33. The van der Waals surface area contributed by atoms with Gasteiger partial charge in [0.2, 0.25) is 0 Å². The van der Waals surface area contributed by atoms with Crippen molar-refractivity contribution in [2.45, 2.75) is 29.9 Å². The van der Waals surface area contributed by atoms with Crippen LogP contribution in [0.3, 0.4) is 0 Å². The summed E-state index contributed by atoms with van der Waals surface area (Å²) in [5.74, 6) is -0.381. The van der Waals surface area contributed by atoms with Crippen LogP contribution in [0.25, 0.3) is 0 Å². The van der Waals surface area contributed by atoms with Crippen molar-refractivity contribution in [3.63, 3.8) is 0 Å². The van der Waals surface area contributed by atoms with E-state index in [0.29, 0.717) is 10.5 Å². The van der Waals surface area contributed by atoms with Crippen LogP contribution in [0.4, 0.5) is 4.39 Å². The number of hydrogen-bond donors (Lipinski definition) is 1. The number of aliphatic hydroxyl groups is 1. The second-order valence-electron chi connectivity index (χ2n) is 4.18. The van der Waals surface area contributed by atoms with Crippen LogP contribution in [-0.2, 0) is 7.05 Å². The quantitative estimate of drug-likeness (QED) is 0.927. The van der Waals surface area contributed by atoms with Gasteiger partial charge in [-0.1, -0.05) is 17.8 Å². The maximum Gasteiger partial charge on any atom is 0.130 e. The molecule has 0 amide bonds. The highest BCUT2D eigenvalue weighted by Crippen LogP contribution is 2.34. The van der Waals surface area contributed by atoms with Gasteiger partial charge >= 0.3 is 0 Å². The minimum atomic E-state index is -0.831. The fourth-order valence-electron chi connectivity index (χ4n) is 1.81. The average Bonchev–Trinajstić information content (AvgIpc) is 2.57. The summed E-state index contributed by atoms with van der Waals surface area (Å²) in [4.78, 5) is 0.716. The highest BCUT2D eigenvalue weighted by Gasteiger charge is 2.15. The van der Waals surface area contributed by atoms with E-state index in [0.717, 1.165) is 10.7 Å². The monoisotopic (exact) mass is 266 g/mol. The van der Waals surface area contributed by atoms with Crippen molar-refractivity contribution >= 4 is 11.8 Å². The molecule has 2 aromatic rings. The van der Waals surface area contributed by atoms with E-state index in [4.69, 9.17) is 0 Å². The average molecular weight is 266 g/mol.